The zero-order chi connectivity index (χ0) is 24.3. The highest BCUT2D eigenvalue weighted by atomic mass is 16.6. The van der Waals surface area contributed by atoms with E-state index in [1.807, 2.05) is 30.3 Å². The fourth-order valence-electron chi connectivity index (χ4n) is 3.49. The number of rotatable bonds is 7. The van der Waals surface area contributed by atoms with Crippen molar-refractivity contribution in [1.29, 1.82) is 0 Å². The first-order valence-electron chi connectivity index (χ1n) is 10.5. The third-order valence-electron chi connectivity index (χ3n) is 5.28. The third-order valence-corrected chi connectivity index (χ3v) is 5.28. The molecule has 1 heterocycles. The third kappa shape index (κ3) is 5.57. The predicted molar refractivity (Wildman–Crippen MR) is 118 cm³/mol. The minimum Gasteiger partial charge on any atom is -0.467 e. The van der Waals surface area contributed by atoms with Gasteiger partial charge in [-0.3, -0.25) is 9.59 Å². The topological polar surface area (TPSA) is 114 Å². The highest BCUT2D eigenvalue weighted by Crippen LogP contribution is 2.34. The van der Waals surface area contributed by atoms with Gasteiger partial charge in [-0.25, -0.2) is 9.59 Å². The number of nitrogens with zero attached hydrogens (tertiary/aromatic N) is 1. The summed E-state index contributed by atoms with van der Waals surface area (Å²) in [5.74, 6) is -1.48. The first-order valence-corrected chi connectivity index (χ1v) is 10.5. The Labute approximate surface area is 188 Å². The average Bonchev–Trinajstić information content (AvgIpc) is 2.69. The van der Waals surface area contributed by atoms with Crippen LogP contribution in [-0.2, 0) is 30.3 Å². The summed E-state index contributed by atoms with van der Waals surface area (Å²) in [7, 11) is 1.26. The molecule has 0 unspecified atom stereocenters. The van der Waals surface area contributed by atoms with Crippen LogP contribution in [0.4, 0.5) is 4.79 Å². The molecule has 32 heavy (non-hydrogen) atoms. The zero-order valence-electron chi connectivity index (χ0n) is 19.8. The summed E-state index contributed by atoms with van der Waals surface area (Å²) in [6, 6.07) is 8.33. The summed E-state index contributed by atoms with van der Waals surface area (Å²) >= 11 is 0. The largest absolute Gasteiger partial charge is 0.467 e. The second-order valence-corrected chi connectivity index (χ2v) is 9.54. The summed E-state index contributed by atoms with van der Waals surface area (Å²) in [6.45, 7) is 9.97. The van der Waals surface area contributed by atoms with E-state index >= 15 is 0 Å². The predicted octanol–water partition coefficient (Wildman–Crippen LogP) is 1.79. The number of ether oxygens (including phenoxy) is 2. The Kier molecular flexibility index (Phi) is 7.22. The van der Waals surface area contributed by atoms with Gasteiger partial charge in [0.25, 0.3) is 5.91 Å². The van der Waals surface area contributed by atoms with Crippen LogP contribution in [0.2, 0.25) is 0 Å². The second-order valence-electron chi connectivity index (χ2n) is 9.54. The molecule has 1 aromatic rings. The van der Waals surface area contributed by atoms with Crippen molar-refractivity contribution in [2.24, 2.45) is 0 Å². The van der Waals surface area contributed by atoms with Gasteiger partial charge in [-0.1, -0.05) is 30.3 Å². The van der Waals surface area contributed by atoms with Gasteiger partial charge in [0.15, 0.2) is 0 Å². The van der Waals surface area contributed by atoms with Crippen molar-refractivity contribution in [1.82, 2.24) is 15.5 Å². The average molecular weight is 448 g/mol. The van der Waals surface area contributed by atoms with E-state index in [0.29, 0.717) is 0 Å². The Morgan fingerprint density at radius 2 is 1.72 bits per heavy atom. The SMILES string of the molecule is COC(=O)C(C)(C)N1C[C@@](Cc2ccccc2)(NC(=O)[C@H](C)NC(=O)OC(C)(C)C)C1=O. The molecule has 0 spiro atoms. The second kappa shape index (κ2) is 9.18. The maximum atomic E-state index is 13.3. The highest BCUT2D eigenvalue weighted by Gasteiger charge is 2.59. The molecule has 1 aliphatic rings. The Hall–Kier alpha value is -3.10. The van der Waals surface area contributed by atoms with Gasteiger partial charge in [0.05, 0.1) is 13.7 Å². The summed E-state index contributed by atoms with van der Waals surface area (Å²) < 4.78 is 10.0. The van der Waals surface area contributed by atoms with Gasteiger partial charge >= 0.3 is 12.1 Å². The van der Waals surface area contributed by atoms with Crippen LogP contribution in [-0.4, -0.2) is 65.2 Å². The summed E-state index contributed by atoms with van der Waals surface area (Å²) in [4.78, 5) is 51.8. The molecule has 2 N–H and O–H groups in total. The molecule has 2 rings (SSSR count). The summed E-state index contributed by atoms with van der Waals surface area (Å²) in [6.07, 6.45) is -0.489. The van der Waals surface area contributed by atoms with Crippen LogP contribution in [0.25, 0.3) is 0 Å². The van der Waals surface area contributed by atoms with Crippen molar-refractivity contribution in [2.75, 3.05) is 13.7 Å². The first kappa shape index (κ1) is 25.2. The van der Waals surface area contributed by atoms with Crippen LogP contribution < -0.4 is 10.6 Å². The number of nitrogens with one attached hydrogen (secondary N) is 2. The molecule has 1 aliphatic heterocycles. The quantitative estimate of drug-likeness (QED) is 0.487. The van der Waals surface area contributed by atoms with Crippen molar-refractivity contribution < 1.29 is 28.7 Å². The molecule has 1 aromatic carbocycles. The molecule has 0 radical (unpaired) electrons. The number of hydrogen-bond acceptors (Lipinski definition) is 6. The van der Waals surface area contributed by atoms with Gasteiger partial charge in [-0.05, 0) is 47.1 Å². The fourth-order valence-corrected chi connectivity index (χ4v) is 3.49. The number of hydrogen-bond donors (Lipinski definition) is 2. The molecule has 1 fully saturated rings. The van der Waals surface area contributed by atoms with Gasteiger partial charge in [0, 0.05) is 6.42 Å². The molecule has 0 aromatic heterocycles. The van der Waals surface area contributed by atoms with E-state index in [0.717, 1.165) is 5.56 Å². The van der Waals surface area contributed by atoms with Gasteiger partial charge < -0.3 is 25.0 Å². The summed E-state index contributed by atoms with van der Waals surface area (Å²) in [5, 5.41) is 5.28. The number of esters is 1. The van der Waals surface area contributed by atoms with Crippen LogP contribution in [0.3, 0.4) is 0 Å². The maximum absolute atomic E-state index is 13.3. The lowest BCUT2D eigenvalue weighted by molar-refractivity contribution is -0.176. The van der Waals surface area contributed by atoms with Gasteiger partial charge in [-0.15, -0.1) is 0 Å². The number of carbonyl (C=O) groups is 4. The minimum atomic E-state index is -1.24. The van der Waals surface area contributed by atoms with E-state index in [2.05, 4.69) is 10.6 Å². The Bertz CT molecular complexity index is 877. The van der Waals surface area contributed by atoms with E-state index < -0.39 is 46.6 Å². The number of β-lactam (4-membered cyclic amide) rings is 1. The van der Waals surface area contributed by atoms with Crippen LogP contribution in [0.15, 0.2) is 30.3 Å². The molecule has 2 atom stereocenters. The number of amides is 3. The van der Waals surface area contributed by atoms with Crippen molar-refractivity contribution in [2.45, 2.75) is 70.7 Å². The van der Waals surface area contributed by atoms with E-state index in [1.54, 1.807) is 34.6 Å². The molecule has 176 valence electrons. The normalized spacial score (nSPS) is 19.5. The number of alkyl carbamates (subject to hydrolysis) is 1. The number of carbonyl (C=O) groups excluding carboxylic acids is 4. The number of likely N-dealkylation sites (tertiary alicyclic amines) is 1. The van der Waals surface area contributed by atoms with Gasteiger partial charge in [-0.2, -0.15) is 0 Å². The van der Waals surface area contributed by atoms with Crippen molar-refractivity contribution in [3.8, 4) is 0 Å². The van der Waals surface area contributed by atoms with E-state index in [4.69, 9.17) is 9.47 Å². The minimum absolute atomic E-state index is 0.119. The molecule has 9 nitrogen and oxygen atoms in total. The molecule has 0 saturated carbocycles. The van der Waals surface area contributed by atoms with Crippen molar-refractivity contribution in [3.05, 3.63) is 35.9 Å². The van der Waals surface area contributed by atoms with Crippen LogP contribution >= 0.6 is 0 Å². The van der Waals surface area contributed by atoms with E-state index in [9.17, 15) is 19.2 Å². The Morgan fingerprint density at radius 1 is 1.12 bits per heavy atom. The molecule has 1 saturated heterocycles. The molecule has 9 heteroatoms. The van der Waals surface area contributed by atoms with Crippen LogP contribution in [0.1, 0.15) is 47.1 Å². The highest BCUT2D eigenvalue weighted by molar-refractivity contribution is 6.01. The van der Waals surface area contributed by atoms with Crippen molar-refractivity contribution >= 4 is 23.9 Å². The Morgan fingerprint density at radius 3 is 2.22 bits per heavy atom. The lowest BCUT2D eigenvalue weighted by Crippen LogP contribution is -2.80. The monoisotopic (exact) mass is 447 g/mol. The zero-order valence-corrected chi connectivity index (χ0v) is 19.8. The molecule has 3 amide bonds. The smallest absolute Gasteiger partial charge is 0.408 e. The van der Waals surface area contributed by atoms with Crippen molar-refractivity contribution in [3.63, 3.8) is 0 Å². The molecular weight excluding hydrogens is 414 g/mol. The maximum Gasteiger partial charge on any atom is 0.408 e. The van der Waals surface area contributed by atoms with Crippen LogP contribution in [0.5, 0.6) is 0 Å². The van der Waals surface area contributed by atoms with Gasteiger partial charge in [0.2, 0.25) is 5.91 Å². The number of methoxy groups -OCH3 is 1. The standard InChI is InChI=1S/C23H33N3O6/c1-15(24-20(30)32-21(2,3)4)17(27)25-23(13-16-11-9-8-10-12-16)14-26(18(23)28)22(5,6)19(29)31-7/h8-12,15H,13-14H2,1-7H3,(H,24,30)(H,25,27)/t15-,23+/m0/s1. The lowest BCUT2D eigenvalue weighted by atomic mass is 9.78. The van der Waals surface area contributed by atoms with E-state index in [-0.39, 0.29) is 13.0 Å². The lowest BCUT2D eigenvalue weighted by Gasteiger charge is -2.54. The first-order chi connectivity index (χ1) is 14.7. The number of benzene rings is 1. The fraction of sp³-hybridized carbons (Fsp3) is 0.565. The summed E-state index contributed by atoms with van der Waals surface area (Å²) in [5.41, 5.74) is -2.28. The molecular formula is C23H33N3O6. The van der Waals surface area contributed by atoms with Gasteiger partial charge in [0.1, 0.15) is 22.7 Å². The van der Waals surface area contributed by atoms with Crippen LogP contribution in [0, 0.1) is 0 Å². The molecule has 0 aliphatic carbocycles. The molecule has 0 bridgehead atoms. The van der Waals surface area contributed by atoms with E-state index in [1.165, 1.54) is 18.9 Å². The Balaban J connectivity index is 2.20.